The molecule has 6 heteroatoms. The van der Waals surface area contributed by atoms with Crippen molar-refractivity contribution in [3.05, 3.63) is 66.0 Å². The molecular formula is C24H31FN2O3. The Morgan fingerprint density at radius 1 is 1.07 bits per heavy atom. The first-order valence-electron chi connectivity index (χ1n) is 10.4. The number of hydrogen-bond acceptors (Lipinski definition) is 3. The summed E-state index contributed by atoms with van der Waals surface area (Å²) in [5, 5.41) is 2.93. The second-order valence-corrected chi connectivity index (χ2v) is 7.63. The third-order valence-corrected chi connectivity index (χ3v) is 4.73. The first-order valence-corrected chi connectivity index (χ1v) is 10.4. The minimum absolute atomic E-state index is 0.158. The first-order chi connectivity index (χ1) is 14.4. The van der Waals surface area contributed by atoms with Crippen molar-refractivity contribution in [2.75, 3.05) is 19.7 Å². The molecule has 0 aliphatic carbocycles. The van der Waals surface area contributed by atoms with Crippen molar-refractivity contribution < 1.29 is 18.7 Å². The van der Waals surface area contributed by atoms with E-state index in [2.05, 4.69) is 5.32 Å². The third-order valence-electron chi connectivity index (χ3n) is 4.73. The zero-order chi connectivity index (χ0) is 21.9. The van der Waals surface area contributed by atoms with E-state index in [-0.39, 0.29) is 24.2 Å². The van der Waals surface area contributed by atoms with Crippen LogP contribution >= 0.6 is 0 Å². The maximum Gasteiger partial charge on any atom is 0.261 e. The van der Waals surface area contributed by atoms with E-state index in [0.29, 0.717) is 37.6 Å². The summed E-state index contributed by atoms with van der Waals surface area (Å²) in [7, 11) is 0. The van der Waals surface area contributed by atoms with Crippen molar-refractivity contribution in [2.45, 2.75) is 39.7 Å². The molecule has 5 nitrogen and oxygen atoms in total. The van der Waals surface area contributed by atoms with E-state index >= 15 is 0 Å². The molecule has 0 unspecified atom stereocenters. The Hall–Kier alpha value is -2.89. The van der Waals surface area contributed by atoms with Gasteiger partial charge < -0.3 is 15.0 Å². The van der Waals surface area contributed by atoms with E-state index in [1.807, 2.05) is 51.1 Å². The van der Waals surface area contributed by atoms with Crippen LogP contribution in [0.1, 0.15) is 32.8 Å². The average Bonchev–Trinajstić information content (AvgIpc) is 2.75. The number of carbonyl (C=O) groups excluding carboxylic acids is 2. The van der Waals surface area contributed by atoms with Crippen molar-refractivity contribution in [2.24, 2.45) is 5.92 Å². The molecule has 0 saturated heterocycles. The molecule has 2 rings (SSSR count). The van der Waals surface area contributed by atoms with Crippen molar-refractivity contribution >= 4 is 11.8 Å². The standard InChI is InChI=1S/C24H31FN2O3/c1-4-22(24(29)26-16-18(2)3)27(15-14-19-8-6-5-7-9-19)23(28)17-30-21-12-10-20(25)11-13-21/h5-13,18,22H,4,14-17H2,1-3H3,(H,26,29)/t22-/m0/s1. The van der Waals surface area contributed by atoms with E-state index in [9.17, 15) is 14.0 Å². The van der Waals surface area contributed by atoms with Crippen molar-refractivity contribution in [3.63, 3.8) is 0 Å². The number of hydrogen-bond donors (Lipinski definition) is 1. The van der Waals surface area contributed by atoms with E-state index in [1.54, 1.807) is 4.90 Å². The quantitative estimate of drug-likeness (QED) is 0.608. The number of benzene rings is 2. The molecule has 0 aliphatic heterocycles. The van der Waals surface area contributed by atoms with E-state index in [1.165, 1.54) is 24.3 Å². The van der Waals surface area contributed by atoms with Gasteiger partial charge in [0.1, 0.15) is 17.6 Å². The fourth-order valence-corrected chi connectivity index (χ4v) is 3.08. The third kappa shape index (κ3) is 7.50. The molecule has 0 fully saturated rings. The van der Waals surface area contributed by atoms with Gasteiger partial charge in [-0.15, -0.1) is 0 Å². The summed E-state index contributed by atoms with van der Waals surface area (Å²) in [6.07, 6.45) is 1.14. The van der Waals surface area contributed by atoms with Gasteiger partial charge in [0.15, 0.2) is 6.61 Å². The molecular weight excluding hydrogens is 383 g/mol. The van der Waals surface area contributed by atoms with Gasteiger partial charge >= 0.3 is 0 Å². The molecule has 30 heavy (non-hydrogen) atoms. The zero-order valence-electron chi connectivity index (χ0n) is 17.9. The Labute approximate surface area is 178 Å². The number of rotatable bonds is 11. The van der Waals surface area contributed by atoms with Gasteiger partial charge in [0.05, 0.1) is 0 Å². The fourth-order valence-electron chi connectivity index (χ4n) is 3.08. The maximum absolute atomic E-state index is 13.1. The first kappa shape index (κ1) is 23.4. The normalized spacial score (nSPS) is 11.8. The van der Waals surface area contributed by atoms with Gasteiger partial charge in [-0.1, -0.05) is 51.1 Å². The highest BCUT2D eigenvalue weighted by atomic mass is 19.1. The summed E-state index contributed by atoms with van der Waals surface area (Å²) in [5.41, 5.74) is 1.09. The second kappa shape index (κ2) is 12.0. The molecule has 2 amide bonds. The zero-order valence-corrected chi connectivity index (χ0v) is 17.9. The molecule has 2 aromatic carbocycles. The minimum Gasteiger partial charge on any atom is -0.484 e. The van der Waals surface area contributed by atoms with Crippen LogP contribution in [0.4, 0.5) is 4.39 Å². The number of ether oxygens (including phenoxy) is 1. The Balaban J connectivity index is 2.09. The van der Waals surface area contributed by atoms with Gasteiger partial charge in [0.25, 0.3) is 5.91 Å². The van der Waals surface area contributed by atoms with Crippen LogP contribution in [0.5, 0.6) is 5.75 Å². The predicted octanol–water partition coefficient (Wildman–Crippen LogP) is 3.83. The molecule has 0 heterocycles. The van der Waals surface area contributed by atoms with Crippen LogP contribution in [0.15, 0.2) is 54.6 Å². The van der Waals surface area contributed by atoms with Crippen LogP contribution in [0.2, 0.25) is 0 Å². The van der Waals surface area contributed by atoms with Gasteiger partial charge in [-0.2, -0.15) is 0 Å². The smallest absolute Gasteiger partial charge is 0.261 e. The molecule has 0 bridgehead atoms. The van der Waals surface area contributed by atoms with Crippen LogP contribution in [-0.2, 0) is 16.0 Å². The Kier molecular flexibility index (Phi) is 9.32. The van der Waals surface area contributed by atoms with Gasteiger partial charge in [0, 0.05) is 13.1 Å². The summed E-state index contributed by atoms with van der Waals surface area (Å²) in [6, 6.07) is 14.8. The summed E-state index contributed by atoms with van der Waals surface area (Å²) in [6.45, 7) is 6.69. The van der Waals surface area contributed by atoms with Crippen LogP contribution in [0, 0.1) is 11.7 Å². The predicted molar refractivity (Wildman–Crippen MR) is 116 cm³/mol. The van der Waals surface area contributed by atoms with Gasteiger partial charge in [0.2, 0.25) is 5.91 Å². The van der Waals surface area contributed by atoms with Gasteiger partial charge in [-0.05, 0) is 48.6 Å². The van der Waals surface area contributed by atoms with Crippen LogP contribution < -0.4 is 10.1 Å². The summed E-state index contributed by atoms with van der Waals surface area (Å²) in [4.78, 5) is 27.3. The highest BCUT2D eigenvalue weighted by Gasteiger charge is 2.28. The summed E-state index contributed by atoms with van der Waals surface area (Å²) in [5.74, 6) is -0.0750. The van der Waals surface area contributed by atoms with Crippen molar-refractivity contribution in [1.29, 1.82) is 0 Å². The number of nitrogens with one attached hydrogen (secondary N) is 1. The van der Waals surface area contributed by atoms with Gasteiger partial charge in [-0.25, -0.2) is 4.39 Å². The molecule has 162 valence electrons. The van der Waals surface area contributed by atoms with E-state index in [0.717, 1.165) is 5.56 Å². The SMILES string of the molecule is CC[C@@H](C(=O)NCC(C)C)N(CCc1ccccc1)C(=O)COc1ccc(F)cc1. The van der Waals surface area contributed by atoms with Crippen LogP contribution in [-0.4, -0.2) is 42.5 Å². The monoisotopic (exact) mass is 414 g/mol. The number of carbonyl (C=O) groups is 2. The molecule has 0 aromatic heterocycles. The lowest BCUT2D eigenvalue weighted by Gasteiger charge is -2.30. The molecule has 2 aromatic rings. The lowest BCUT2D eigenvalue weighted by Crippen LogP contribution is -2.51. The summed E-state index contributed by atoms with van der Waals surface area (Å²) >= 11 is 0. The van der Waals surface area contributed by atoms with Crippen LogP contribution in [0.3, 0.4) is 0 Å². The number of nitrogens with zero attached hydrogens (tertiary/aromatic N) is 1. The van der Waals surface area contributed by atoms with E-state index < -0.39 is 6.04 Å². The second-order valence-electron chi connectivity index (χ2n) is 7.63. The van der Waals surface area contributed by atoms with Crippen molar-refractivity contribution in [3.8, 4) is 5.75 Å². The molecule has 1 atom stereocenters. The van der Waals surface area contributed by atoms with E-state index in [4.69, 9.17) is 4.74 Å². The largest absolute Gasteiger partial charge is 0.484 e. The average molecular weight is 415 g/mol. The number of amides is 2. The maximum atomic E-state index is 13.1. The molecule has 0 aliphatic rings. The minimum atomic E-state index is -0.572. The molecule has 0 radical (unpaired) electrons. The Bertz CT molecular complexity index is 794. The molecule has 0 saturated carbocycles. The highest BCUT2D eigenvalue weighted by Crippen LogP contribution is 2.13. The Morgan fingerprint density at radius 2 is 1.73 bits per heavy atom. The lowest BCUT2D eigenvalue weighted by molar-refractivity contribution is -0.142. The Morgan fingerprint density at radius 3 is 2.33 bits per heavy atom. The topological polar surface area (TPSA) is 58.6 Å². The number of halogens is 1. The fraction of sp³-hybridized carbons (Fsp3) is 0.417. The van der Waals surface area contributed by atoms with Gasteiger partial charge in [-0.3, -0.25) is 9.59 Å². The molecule has 0 spiro atoms. The highest BCUT2D eigenvalue weighted by molar-refractivity contribution is 5.88. The summed E-state index contributed by atoms with van der Waals surface area (Å²) < 4.78 is 18.6. The van der Waals surface area contributed by atoms with Crippen LogP contribution in [0.25, 0.3) is 0 Å². The van der Waals surface area contributed by atoms with Crippen molar-refractivity contribution in [1.82, 2.24) is 10.2 Å². The lowest BCUT2D eigenvalue weighted by atomic mass is 10.1. The molecule has 1 N–H and O–H groups in total.